The minimum Gasteiger partial charge on any atom is -0.386 e. The molecule has 0 unspecified atom stereocenters. The Kier molecular flexibility index (Phi) is 4.64. The molecule has 1 aromatic heterocycles. The lowest BCUT2D eigenvalue weighted by Gasteiger charge is -2.12. The molecule has 3 nitrogen and oxygen atoms in total. The minimum atomic E-state index is 0.875. The molecule has 0 saturated carbocycles. The summed E-state index contributed by atoms with van der Waals surface area (Å²) < 4.78 is 0. The zero-order valence-corrected chi connectivity index (χ0v) is 10.9. The Balaban J connectivity index is 3.23. The minimum absolute atomic E-state index is 0.875. The van der Waals surface area contributed by atoms with Crippen molar-refractivity contribution < 1.29 is 0 Å². The van der Waals surface area contributed by atoms with Crippen LogP contribution >= 0.6 is 0 Å². The van der Waals surface area contributed by atoms with Gasteiger partial charge in [-0.15, -0.1) is 0 Å². The molecule has 1 N–H and O–H groups in total. The second kappa shape index (κ2) is 5.99. The highest BCUT2D eigenvalue weighted by molar-refractivity contribution is 6.01. The molecule has 0 radical (unpaired) electrons. The second-order valence-electron chi connectivity index (χ2n) is 3.71. The van der Waals surface area contributed by atoms with Gasteiger partial charge in [-0.2, -0.15) is 0 Å². The molecular weight excluding hydrogens is 210 g/mol. The van der Waals surface area contributed by atoms with Gasteiger partial charge in [-0.3, -0.25) is 9.98 Å². The van der Waals surface area contributed by atoms with Crippen LogP contribution in [0.1, 0.15) is 18.3 Å². The first kappa shape index (κ1) is 13.2. The molecule has 0 amide bonds. The molecule has 90 valence electrons. The molecule has 1 rings (SSSR count). The van der Waals surface area contributed by atoms with Crippen LogP contribution in [0.3, 0.4) is 0 Å². The number of aliphatic imine (C=N–C) groups is 1. The molecule has 0 aromatic carbocycles. The predicted octanol–water partition coefficient (Wildman–Crippen LogP) is 3.09. The Morgan fingerprint density at radius 3 is 2.71 bits per heavy atom. The summed E-state index contributed by atoms with van der Waals surface area (Å²) in [7, 11) is 3.63. The number of hydrogen-bond acceptors (Lipinski definition) is 3. The summed E-state index contributed by atoms with van der Waals surface area (Å²) >= 11 is 0. The lowest BCUT2D eigenvalue weighted by atomic mass is 10.0. The fourth-order valence-corrected chi connectivity index (χ4v) is 1.59. The van der Waals surface area contributed by atoms with Crippen LogP contribution < -0.4 is 5.32 Å². The summed E-state index contributed by atoms with van der Waals surface area (Å²) in [6, 6.07) is 3.99. The predicted molar refractivity (Wildman–Crippen MR) is 75.7 cm³/mol. The summed E-state index contributed by atoms with van der Waals surface area (Å²) in [6.45, 7) is 8.04. The van der Waals surface area contributed by atoms with E-state index in [0.717, 1.165) is 28.2 Å². The van der Waals surface area contributed by atoms with E-state index in [1.54, 1.807) is 13.3 Å². The Morgan fingerprint density at radius 1 is 1.47 bits per heavy atom. The van der Waals surface area contributed by atoms with Crippen LogP contribution in [0.2, 0.25) is 0 Å². The van der Waals surface area contributed by atoms with Crippen LogP contribution in [-0.2, 0) is 0 Å². The second-order valence-corrected chi connectivity index (χ2v) is 3.71. The van der Waals surface area contributed by atoms with Crippen LogP contribution in [0, 0.1) is 6.92 Å². The molecule has 0 saturated heterocycles. The topological polar surface area (TPSA) is 37.3 Å². The molecule has 3 heteroatoms. The first-order valence-corrected chi connectivity index (χ1v) is 5.57. The fourth-order valence-electron chi connectivity index (χ4n) is 1.59. The van der Waals surface area contributed by atoms with Crippen molar-refractivity contribution in [1.82, 2.24) is 4.98 Å². The quantitative estimate of drug-likeness (QED) is 0.636. The highest BCUT2D eigenvalue weighted by Gasteiger charge is 2.09. The largest absolute Gasteiger partial charge is 0.386 e. The Labute approximate surface area is 103 Å². The number of allylic oxidation sites excluding steroid dienone is 3. The van der Waals surface area contributed by atoms with Crippen molar-refractivity contribution in [1.29, 1.82) is 0 Å². The van der Waals surface area contributed by atoms with Crippen molar-refractivity contribution in [2.24, 2.45) is 4.99 Å². The number of pyridine rings is 1. The summed E-state index contributed by atoms with van der Waals surface area (Å²) in [5, 5.41) is 3.13. The Morgan fingerprint density at radius 2 is 2.18 bits per heavy atom. The lowest BCUT2D eigenvalue weighted by molar-refractivity contribution is 1.17. The van der Waals surface area contributed by atoms with E-state index in [9.17, 15) is 0 Å². The van der Waals surface area contributed by atoms with Crippen molar-refractivity contribution >= 4 is 17.5 Å². The highest BCUT2D eigenvalue weighted by atomic mass is 14.9. The molecule has 17 heavy (non-hydrogen) atoms. The average molecular weight is 229 g/mol. The van der Waals surface area contributed by atoms with Gasteiger partial charge in [-0.25, -0.2) is 0 Å². The maximum Gasteiger partial charge on any atom is 0.0936 e. The van der Waals surface area contributed by atoms with Crippen LogP contribution in [0.25, 0.3) is 5.57 Å². The average Bonchev–Trinajstić information content (AvgIpc) is 2.35. The third-order valence-corrected chi connectivity index (χ3v) is 2.52. The van der Waals surface area contributed by atoms with Gasteiger partial charge in [0.15, 0.2) is 0 Å². The lowest BCUT2D eigenvalue weighted by Crippen LogP contribution is -2.01. The first-order chi connectivity index (χ1) is 8.13. The Bertz CT molecular complexity index is 470. The SMILES string of the molecule is C=C(/C(C=NC)=C/C)c1nc(C)ccc1NC. The van der Waals surface area contributed by atoms with E-state index >= 15 is 0 Å². The molecule has 1 heterocycles. The molecule has 0 fully saturated rings. The number of aryl methyl sites for hydroxylation is 1. The zero-order chi connectivity index (χ0) is 12.8. The number of rotatable bonds is 4. The van der Waals surface area contributed by atoms with Crippen LogP contribution in [0.4, 0.5) is 5.69 Å². The maximum absolute atomic E-state index is 4.53. The van der Waals surface area contributed by atoms with E-state index in [-0.39, 0.29) is 0 Å². The van der Waals surface area contributed by atoms with E-state index in [0.29, 0.717) is 0 Å². The monoisotopic (exact) mass is 229 g/mol. The summed E-state index contributed by atoms with van der Waals surface area (Å²) in [5.41, 5.74) is 4.70. The number of anilines is 1. The van der Waals surface area contributed by atoms with E-state index < -0.39 is 0 Å². The maximum atomic E-state index is 4.53. The third-order valence-electron chi connectivity index (χ3n) is 2.52. The molecule has 1 aromatic rings. The van der Waals surface area contributed by atoms with Gasteiger partial charge >= 0.3 is 0 Å². The number of nitrogens with one attached hydrogen (secondary N) is 1. The van der Waals surface area contributed by atoms with E-state index in [1.807, 2.05) is 39.1 Å². The van der Waals surface area contributed by atoms with Gasteiger partial charge in [-0.1, -0.05) is 12.7 Å². The number of aromatic nitrogens is 1. The Hall–Kier alpha value is -1.90. The van der Waals surface area contributed by atoms with Gasteiger partial charge in [0, 0.05) is 31.6 Å². The van der Waals surface area contributed by atoms with E-state index in [1.165, 1.54) is 0 Å². The molecule has 0 aliphatic rings. The number of nitrogens with zero attached hydrogens (tertiary/aromatic N) is 2. The molecule has 0 aliphatic heterocycles. The molecule has 0 aliphatic carbocycles. The first-order valence-electron chi connectivity index (χ1n) is 5.57. The summed E-state index contributed by atoms with van der Waals surface area (Å²) in [6.07, 6.45) is 3.78. The molecular formula is C14H19N3. The van der Waals surface area contributed by atoms with Gasteiger partial charge in [0.05, 0.1) is 11.4 Å². The van der Waals surface area contributed by atoms with Crippen molar-refractivity contribution in [3.63, 3.8) is 0 Å². The highest BCUT2D eigenvalue weighted by Crippen LogP contribution is 2.25. The van der Waals surface area contributed by atoms with Gasteiger partial charge < -0.3 is 5.32 Å². The van der Waals surface area contributed by atoms with Gasteiger partial charge in [0.2, 0.25) is 0 Å². The van der Waals surface area contributed by atoms with Gasteiger partial charge in [0.25, 0.3) is 0 Å². The van der Waals surface area contributed by atoms with Crippen LogP contribution in [0.5, 0.6) is 0 Å². The third kappa shape index (κ3) is 3.03. The van der Waals surface area contributed by atoms with Gasteiger partial charge in [-0.05, 0) is 31.6 Å². The molecule has 0 atom stereocenters. The van der Waals surface area contributed by atoms with E-state index in [4.69, 9.17) is 0 Å². The smallest absolute Gasteiger partial charge is 0.0936 e. The van der Waals surface area contributed by atoms with E-state index in [2.05, 4.69) is 21.9 Å². The van der Waals surface area contributed by atoms with Crippen molar-refractivity contribution in [2.45, 2.75) is 13.8 Å². The van der Waals surface area contributed by atoms with Crippen molar-refractivity contribution in [2.75, 3.05) is 19.4 Å². The van der Waals surface area contributed by atoms with Crippen LogP contribution in [0.15, 0.2) is 35.4 Å². The normalized spacial score (nSPS) is 11.9. The standard InChI is InChI=1S/C14H19N3/c1-6-12(9-15-4)11(3)14-13(16-5)8-7-10(2)17-14/h6-9,16H,3H2,1-2,4-5H3/b12-6+,15-9?. The fraction of sp³-hybridized carbons (Fsp3) is 0.286. The van der Waals surface area contributed by atoms with Crippen molar-refractivity contribution in [3.05, 3.63) is 41.7 Å². The molecule has 0 bridgehead atoms. The number of hydrogen-bond donors (Lipinski definition) is 1. The summed E-state index contributed by atoms with van der Waals surface area (Å²) in [4.78, 5) is 8.56. The van der Waals surface area contributed by atoms with Crippen LogP contribution in [-0.4, -0.2) is 25.3 Å². The van der Waals surface area contributed by atoms with Crippen molar-refractivity contribution in [3.8, 4) is 0 Å². The molecule has 0 spiro atoms. The zero-order valence-electron chi connectivity index (χ0n) is 10.9. The van der Waals surface area contributed by atoms with Gasteiger partial charge in [0.1, 0.15) is 0 Å². The summed E-state index contributed by atoms with van der Waals surface area (Å²) in [5.74, 6) is 0.